The number of aliphatic hydroxyl groups excluding tert-OH is 2. The highest BCUT2D eigenvalue weighted by Crippen LogP contribution is 2.10. The van der Waals surface area contributed by atoms with Gasteiger partial charge in [-0.25, -0.2) is 0 Å². The van der Waals surface area contributed by atoms with E-state index in [1.807, 2.05) is 0 Å². The van der Waals surface area contributed by atoms with E-state index in [9.17, 15) is 5.11 Å². The SMILES string of the molecule is OCCCCCCN1CC[C@@H](O)C1. The van der Waals surface area contributed by atoms with Crippen LogP contribution in [-0.2, 0) is 0 Å². The monoisotopic (exact) mass is 187 g/mol. The average molecular weight is 187 g/mol. The molecule has 1 heterocycles. The molecule has 0 bridgehead atoms. The Balaban J connectivity index is 1.88. The lowest BCUT2D eigenvalue weighted by atomic mass is 10.2. The highest BCUT2D eigenvalue weighted by Gasteiger charge is 2.18. The van der Waals surface area contributed by atoms with Crippen LogP contribution in [0.1, 0.15) is 32.1 Å². The molecule has 2 N–H and O–H groups in total. The number of rotatable bonds is 6. The van der Waals surface area contributed by atoms with Crippen molar-refractivity contribution in [1.82, 2.24) is 4.90 Å². The van der Waals surface area contributed by atoms with Crippen LogP contribution in [0.5, 0.6) is 0 Å². The molecule has 1 saturated heterocycles. The molecule has 0 aromatic carbocycles. The van der Waals surface area contributed by atoms with E-state index in [-0.39, 0.29) is 6.10 Å². The molecule has 1 rings (SSSR count). The molecule has 1 aliphatic rings. The molecule has 0 aromatic rings. The van der Waals surface area contributed by atoms with Gasteiger partial charge in [0.1, 0.15) is 0 Å². The number of aliphatic hydroxyl groups is 2. The van der Waals surface area contributed by atoms with Crippen molar-refractivity contribution in [3.8, 4) is 0 Å². The summed E-state index contributed by atoms with van der Waals surface area (Å²) in [6.45, 7) is 3.35. The van der Waals surface area contributed by atoms with Gasteiger partial charge in [0, 0.05) is 19.7 Å². The van der Waals surface area contributed by atoms with E-state index in [0.717, 1.165) is 38.9 Å². The fraction of sp³-hybridized carbons (Fsp3) is 1.00. The first-order valence-corrected chi connectivity index (χ1v) is 5.34. The van der Waals surface area contributed by atoms with Crippen molar-refractivity contribution >= 4 is 0 Å². The van der Waals surface area contributed by atoms with Crippen LogP contribution >= 0.6 is 0 Å². The maximum Gasteiger partial charge on any atom is 0.0679 e. The topological polar surface area (TPSA) is 43.7 Å². The molecule has 3 heteroatoms. The van der Waals surface area contributed by atoms with Gasteiger partial charge >= 0.3 is 0 Å². The highest BCUT2D eigenvalue weighted by molar-refractivity contribution is 4.73. The lowest BCUT2D eigenvalue weighted by Crippen LogP contribution is -2.23. The second-order valence-electron chi connectivity index (χ2n) is 3.88. The Hall–Kier alpha value is -0.120. The van der Waals surface area contributed by atoms with Crippen molar-refractivity contribution in [2.75, 3.05) is 26.2 Å². The molecule has 13 heavy (non-hydrogen) atoms. The third-order valence-electron chi connectivity index (χ3n) is 2.63. The molecule has 0 radical (unpaired) electrons. The lowest BCUT2D eigenvalue weighted by molar-refractivity contribution is 0.175. The van der Waals surface area contributed by atoms with E-state index in [4.69, 9.17) is 5.11 Å². The van der Waals surface area contributed by atoms with Crippen molar-refractivity contribution < 1.29 is 10.2 Å². The first-order chi connectivity index (χ1) is 6.33. The fourth-order valence-corrected chi connectivity index (χ4v) is 1.82. The van der Waals surface area contributed by atoms with Crippen LogP contribution < -0.4 is 0 Å². The van der Waals surface area contributed by atoms with Gasteiger partial charge in [0.05, 0.1) is 6.10 Å². The Kier molecular flexibility index (Phi) is 5.35. The number of hydrogen-bond donors (Lipinski definition) is 2. The van der Waals surface area contributed by atoms with Gasteiger partial charge in [0.25, 0.3) is 0 Å². The zero-order valence-corrected chi connectivity index (χ0v) is 8.28. The standard InChI is InChI=1S/C10H21NO2/c12-8-4-2-1-3-6-11-7-5-10(13)9-11/h10,12-13H,1-9H2/t10-/m1/s1. The summed E-state index contributed by atoms with van der Waals surface area (Å²) in [4.78, 5) is 2.32. The number of β-amino-alcohol motifs (C(OH)–C–C–N with tert-alkyl or cyclic N) is 1. The van der Waals surface area contributed by atoms with Crippen molar-refractivity contribution in [3.05, 3.63) is 0 Å². The van der Waals surface area contributed by atoms with Crippen molar-refractivity contribution in [1.29, 1.82) is 0 Å². The third kappa shape index (κ3) is 4.60. The quantitative estimate of drug-likeness (QED) is 0.599. The number of likely N-dealkylation sites (tertiary alicyclic amines) is 1. The van der Waals surface area contributed by atoms with Gasteiger partial charge in [0.15, 0.2) is 0 Å². The summed E-state index contributed by atoms with van der Waals surface area (Å²) in [5.41, 5.74) is 0. The summed E-state index contributed by atoms with van der Waals surface area (Å²) < 4.78 is 0. The molecule has 0 aromatic heterocycles. The Morgan fingerprint density at radius 3 is 2.54 bits per heavy atom. The van der Waals surface area contributed by atoms with E-state index in [2.05, 4.69) is 4.90 Å². The van der Waals surface area contributed by atoms with Gasteiger partial charge in [-0.2, -0.15) is 0 Å². The third-order valence-corrected chi connectivity index (χ3v) is 2.63. The Labute approximate surface area is 80.4 Å². The summed E-state index contributed by atoms with van der Waals surface area (Å²) >= 11 is 0. The molecule has 0 spiro atoms. The molecule has 0 unspecified atom stereocenters. The molecular weight excluding hydrogens is 166 g/mol. The molecular formula is C10H21NO2. The minimum Gasteiger partial charge on any atom is -0.396 e. The second-order valence-corrected chi connectivity index (χ2v) is 3.88. The average Bonchev–Trinajstić information content (AvgIpc) is 2.51. The summed E-state index contributed by atoms with van der Waals surface area (Å²) in [6.07, 6.45) is 5.32. The molecule has 0 amide bonds. The van der Waals surface area contributed by atoms with Gasteiger partial charge in [-0.1, -0.05) is 12.8 Å². The molecule has 1 aliphatic heterocycles. The van der Waals surface area contributed by atoms with Crippen molar-refractivity contribution in [2.24, 2.45) is 0 Å². The van der Waals surface area contributed by atoms with Crippen molar-refractivity contribution in [2.45, 2.75) is 38.2 Å². The molecule has 0 aliphatic carbocycles. The number of nitrogens with zero attached hydrogens (tertiary/aromatic N) is 1. The zero-order valence-electron chi connectivity index (χ0n) is 8.28. The van der Waals surface area contributed by atoms with Gasteiger partial charge < -0.3 is 15.1 Å². The molecule has 1 fully saturated rings. The van der Waals surface area contributed by atoms with Gasteiger partial charge in [-0.15, -0.1) is 0 Å². The second kappa shape index (κ2) is 6.35. The van der Waals surface area contributed by atoms with Crippen molar-refractivity contribution in [3.63, 3.8) is 0 Å². The van der Waals surface area contributed by atoms with E-state index in [1.54, 1.807) is 0 Å². The zero-order chi connectivity index (χ0) is 9.52. The fourth-order valence-electron chi connectivity index (χ4n) is 1.82. The smallest absolute Gasteiger partial charge is 0.0679 e. The molecule has 1 atom stereocenters. The van der Waals surface area contributed by atoms with Crippen LogP contribution in [0.2, 0.25) is 0 Å². The molecule has 3 nitrogen and oxygen atoms in total. The van der Waals surface area contributed by atoms with Crippen LogP contribution in [0, 0.1) is 0 Å². The Morgan fingerprint density at radius 2 is 1.92 bits per heavy atom. The van der Waals surface area contributed by atoms with Gasteiger partial charge in [-0.05, 0) is 25.8 Å². The van der Waals surface area contributed by atoms with E-state index >= 15 is 0 Å². The van der Waals surface area contributed by atoms with Gasteiger partial charge in [0.2, 0.25) is 0 Å². The van der Waals surface area contributed by atoms with E-state index < -0.39 is 0 Å². The minimum atomic E-state index is -0.0857. The normalized spacial score (nSPS) is 24.0. The summed E-state index contributed by atoms with van der Waals surface area (Å²) in [5.74, 6) is 0. The highest BCUT2D eigenvalue weighted by atomic mass is 16.3. The predicted molar refractivity (Wildman–Crippen MR) is 52.6 cm³/mol. The van der Waals surface area contributed by atoms with E-state index in [0.29, 0.717) is 6.61 Å². The Morgan fingerprint density at radius 1 is 1.15 bits per heavy atom. The maximum absolute atomic E-state index is 9.27. The summed E-state index contributed by atoms with van der Waals surface area (Å²) in [7, 11) is 0. The first-order valence-electron chi connectivity index (χ1n) is 5.34. The lowest BCUT2D eigenvalue weighted by Gasteiger charge is -2.13. The maximum atomic E-state index is 9.27. The van der Waals surface area contributed by atoms with Crippen LogP contribution in [-0.4, -0.2) is 47.5 Å². The van der Waals surface area contributed by atoms with Crippen LogP contribution in [0.15, 0.2) is 0 Å². The molecule has 0 saturated carbocycles. The first kappa shape index (κ1) is 11.0. The summed E-state index contributed by atoms with van der Waals surface area (Å²) in [6, 6.07) is 0. The van der Waals surface area contributed by atoms with E-state index in [1.165, 1.54) is 12.8 Å². The van der Waals surface area contributed by atoms with Crippen LogP contribution in [0.4, 0.5) is 0 Å². The predicted octanol–water partition coefficient (Wildman–Crippen LogP) is 0.606. The summed E-state index contributed by atoms with van der Waals surface area (Å²) in [5, 5.41) is 17.8. The van der Waals surface area contributed by atoms with Crippen LogP contribution in [0.25, 0.3) is 0 Å². The number of hydrogen-bond acceptors (Lipinski definition) is 3. The minimum absolute atomic E-state index is 0.0857. The largest absolute Gasteiger partial charge is 0.396 e. The Bertz CT molecular complexity index is 130. The molecule has 78 valence electrons. The van der Waals surface area contributed by atoms with Crippen LogP contribution in [0.3, 0.4) is 0 Å². The number of unbranched alkanes of at least 4 members (excludes halogenated alkanes) is 3. The van der Waals surface area contributed by atoms with Gasteiger partial charge in [-0.3, -0.25) is 0 Å².